The Kier molecular flexibility index (Phi) is 2.86. The highest BCUT2D eigenvalue weighted by Gasteiger charge is 2.09. The molecule has 2 aromatic heterocycles. The van der Waals surface area contributed by atoms with Gasteiger partial charge in [0.05, 0.1) is 0 Å². The second-order valence-corrected chi connectivity index (χ2v) is 3.86. The summed E-state index contributed by atoms with van der Waals surface area (Å²) in [6.45, 7) is 0. The molecular weight excluding hydrogens is 274 g/mol. The molecule has 0 bridgehead atoms. The van der Waals surface area contributed by atoms with E-state index in [9.17, 15) is 0 Å². The second-order valence-electron chi connectivity index (χ2n) is 2.94. The van der Waals surface area contributed by atoms with Crippen LogP contribution in [0.4, 0.5) is 0 Å². The summed E-state index contributed by atoms with van der Waals surface area (Å²) in [6.07, 6.45) is 4.89. The summed E-state index contributed by atoms with van der Waals surface area (Å²) in [5.41, 5.74) is 5.49. The summed E-state index contributed by atoms with van der Waals surface area (Å²) in [4.78, 5) is 8.16. The monoisotopic (exact) mass is 281 g/mol. The number of hydrogen-bond acceptors (Lipinski definition) is 4. The third-order valence-corrected chi connectivity index (χ3v) is 2.41. The van der Waals surface area contributed by atoms with E-state index in [-0.39, 0.29) is 5.84 Å². The van der Waals surface area contributed by atoms with Crippen LogP contribution in [0.1, 0.15) is 5.82 Å². The van der Waals surface area contributed by atoms with Gasteiger partial charge in [0.15, 0.2) is 5.82 Å². The fourth-order valence-electron chi connectivity index (χ4n) is 1.23. The SMILES string of the molecule is NC(=NO)c1nccn1-c1ccc(Br)cn1. The molecule has 0 radical (unpaired) electrons. The summed E-state index contributed by atoms with van der Waals surface area (Å²) >= 11 is 3.29. The highest BCUT2D eigenvalue weighted by Crippen LogP contribution is 2.12. The van der Waals surface area contributed by atoms with Crippen LogP contribution in [-0.2, 0) is 0 Å². The van der Waals surface area contributed by atoms with Crippen molar-refractivity contribution in [1.29, 1.82) is 0 Å². The van der Waals surface area contributed by atoms with Gasteiger partial charge in [-0.2, -0.15) is 0 Å². The van der Waals surface area contributed by atoms with Gasteiger partial charge in [-0.05, 0) is 28.1 Å². The zero-order chi connectivity index (χ0) is 11.5. The fourth-order valence-corrected chi connectivity index (χ4v) is 1.47. The molecule has 0 fully saturated rings. The van der Waals surface area contributed by atoms with E-state index in [1.54, 1.807) is 29.2 Å². The molecule has 0 aliphatic carbocycles. The van der Waals surface area contributed by atoms with Crippen molar-refractivity contribution in [1.82, 2.24) is 14.5 Å². The fraction of sp³-hybridized carbons (Fsp3) is 0. The topological polar surface area (TPSA) is 89.3 Å². The number of imidazole rings is 1. The highest BCUT2D eigenvalue weighted by molar-refractivity contribution is 9.10. The number of pyridine rings is 1. The Bertz CT molecular complexity index is 519. The van der Waals surface area contributed by atoms with Gasteiger partial charge < -0.3 is 10.9 Å². The molecule has 0 atom stereocenters. The Morgan fingerprint density at radius 1 is 1.44 bits per heavy atom. The van der Waals surface area contributed by atoms with E-state index in [1.165, 1.54) is 0 Å². The number of halogens is 1. The average molecular weight is 282 g/mol. The van der Waals surface area contributed by atoms with Crippen molar-refractivity contribution in [3.8, 4) is 5.82 Å². The van der Waals surface area contributed by atoms with Crippen molar-refractivity contribution in [3.05, 3.63) is 41.0 Å². The van der Waals surface area contributed by atoms with Crippen molar-refractivity contribution in [3.63, 3.8) is 0 Å². The van der Waals surface area contributed by atoms with E-state index < -0.39 is 0 Å². The summed E-state index contributed by atoms with van der Waals surface area (Å²) in [7, 11) is 0. The van der Waals surface area contributed by atoms with Gasteiger partial charge in [-0.3, -0.25) is 4.57 Å². The minimum atomic E-state index is -0.0604. The summed E-state index contributed by atoms with van der Waals surface area (Å²) in [5.74, 6) is 0.925. The van der Waals surface area contributed by atoms with Crippen LogP contribution in [0.25, 0.3) is 5.82 Å². The van der Waals surface area contributed by atoms with Gasteiger partial charge in [0, 0.05) is 23.1 Å². The first kappa shape index (κ1) is 10.6. The Morgan fingerprint density at radius 2 is 2.25 bits per heavy atom. The molecule has 0 saturated carbocycles. The zero-order valence-electron chi connectivity index (χ0n) is 8.08. The number of rotatable bonds is 2. The minimum Gasteiger partial charge on any atom is -0.409 e. The standard InChI is InChI=1S/C9H8BrN5O/c10-6-1-2-7(13-5-6)15-4-3-12-9(15)8(11)14-16/h1-5,16H,(H2,11,14). The molecule has 6 nitrogen and oxygen atoms in total. The molecule has 0 aromatic carbocycles. The minimum absolute atomic E-state index is 0.0604. The molecule has 0 unspecified atom stereocenters. The largest absolute Gasteiger partial charge is 0.409 e. The number of nitrogens with two attached hydrogens (primary N) is 1. The number of nitrogens with zero attached hydrogens (tertiary/aromatic N) is 4. The van der Waals surface area contributed by atoms with Gasteiger partial charge in [0.25, 0.3) is 0 Å². The summed E-state index contributed by atoms with van der Waals surface area (Å²) in [6, 6.07) is 3.64. The van der Waals surface area contributed by atoms with Crippen molar-refractivity contribution in [2.45, 2.75) is 0 Å². The van der Waals surface area contributed by atoms with E-state index in [1.807, 2.05) is 6.07 Å². The number of aromatic nitrogens is 3. The Morgan fingerprint density at radius 3 is 2.88 bits per heavy atom. The Balaban J connectivity index is 2.49. The first-order valence-corrected chi connectivity index (χ1v) is 5.15. The molecule has 7 heteroatoms. The lowest BCUT2D eigenvalue weighted by Crippen LogP contribution is -2.19. The second kappa shape index (κ2) is 4.31. The van der Waals surface area contributed by atoms with Crippen molar-refractivity contribution in [2.24, 2.45) is 10.9 Å². The molecule has 0 saturated heterocycles. The normalized spacial score (nSPS) is 11.7. The molecule has 3 N–H and O–H groups in total. The van der Waals surface area contributed by atoms with Gasteiger partial charge in [-0.15, -0.1) is 0 Å². The van der Waals surface area contributed by atoms with Crippen LogP contribution < -0.4 is 5.73 Å². The third kappa shape index (κ3) is 1.89. The van der Waals surface area contributed by atoms with E-state index in [0.29, 0.717) is 11.6 Å². The molecule has 82 valence electrons. The van der Waals surface area contributed by atoms with Crippen LogP contribution in [0.5, 0.6) is 0 Å². The predicted molar refractivity (Wildman–Crippen MR) is 61.6 cm³/mol. The van der Waals surface area contributed by atoms with Crippen LogP contribution in [-0.4, -0.2) is 25.6 Å². The maximum atomic E-state index is 8.60. The van der Waals surface area contributed by atoms with E-state index in [2.05, 4.69) is 31.1 Å². The van der Waals surface area contributed by atoms with Crippen LogP contribution in [0, 0.1) is 0 Å². The van der Waals surface area contributed by atoms with Crippen LogP contribution >= 0.6 is 15.9 Å². The quantitative estimate of drug-likeness (QED) is 0.374. The maximum Gasteiger partial charge on any atom is 0.206 e. The van der Waals surface area contributed by atoms with Gasteiger partial charge in [0.2, 0.25) is 5.84 Å². The average Bonchev–Trinajstić information content (AvgIpc) is 2.78. The van der Waals surface area contributed by atoms with E-state index in [4.69, 9.17) is 10.9 Å². The van der Waals surface area contributed by atoms with Crippen molar-refractivity contribution in [2.75, 3.05) is 0 Å². The highest BCUT2D eigenvalue weighted by atomic mass is 79.9. The Hall–Kier alpha value is -1.89. The number of oxime groups is 1. The zero-order valence-corrected chi connectivity index (χ0v) is 9.66. The lowest BCUT2D eigenvalue weighted by molar-refractivity contribution is 0.318. The molecule has 0 aliphatic rings. The molecule has 2 aromatic rings. The van der Waals surface area contributed by atoms with Gasteiger partial charge >= 0.3 is 0 Å². The van der Waals surface area contributed by atoms with E-state index in [0.717, 1.165) is 4.47 Å². The summed E-state index contributed by atoms with van der Waals surface area (Å²) < 4.78 is 2.50. The van der Waals surface area contributed by atoms with E-state index >= 15 is 0 Å². The number of amidine groups is 1. The Labute approximate surface area is 99.6 Å². The molecule has 16 heavy (non-hydrogen) atoms. The molecule has 0 aliphatic heterocycles. The maximum absolute atomic E-state index is 8.60. The predicted octanol–water partition coefficient (Wildman–Crippen LogP) is 1.12. The van der Waals surface area contributed by atoms with Crippen LogP contribution in [0.3, 0.4) is 0 Å². The van der Waals surface area contributed by atoms with Gasteiger partial charge in [-0.1, -0.05) is 5.16 Å². The van der Waals surface area contributed by atoms with Crippen molar-refractivity contribution >= 4 is 21.8 Å². The summed E-state index contributed by atoms with van der Waals surface area (Å²) in [5, 5.41) is 11.5. The van der Waals surface area contributed by atoms with Crippen molar-refractivity contribution < 1.29 is 5.21 Å². The van der Waals surface area contributed by atoms with Crippen LogP contribution in [0.15, 0.2) is 40.4 Å². The lowest BCUT2D eigenvalue weighted by atomic mass is 10.4. The smallest absolute Gasteiger partial charge is 0.206 e. The van der Waals surface area contributed by atoms with Gasteiger partial charge in [-0.25, -0.2) is 9.97 Å². The lowest BCUT2D eigenvalue weighted by Gasteiger charge is -2.05. The van der Waals surface area contributed by atoms with Crippen LogP contribution in [0.2, 0.25) is 0 Å². The molecular formula is C9H8BrN5O. The molecule has 2 heterocycles. The molecule has 2 rings (SSSR count). The van der Waals surface area contributed by atoms with Gasteiger partial charge in [0.1, 0.15) is 5.82 Å². The molecule has 0 amide bonds. The third-order valence-electron chi connectivity index (χ3n) is 1.94. The first-order chi connectivity index (χ1) is 7.72. The molecule has 0 spiro atoms. The first-order valence-electron chi connectivity index (χ1n) is 4.35. The number of hydrogen-bond donors (Lipinski definition) is 2.